The zero-order valence-electron chi connectivity index (χ0n) is 31.7. The van der Waals surface area contributed by atoms with Crippen molar-refractivity contribution in [3.05, 3.63) is 70.3 Å². The number of pyridine rings is 2. The number of benzene rings is 1. The molecule has 7 heterocycles. The van der Waals surface area contributed by atoms with Crippen molar-refractivity contribution in [1.29, 1.82) is 0 Å². The van der Waals surface area contributed by atoms with Crippen LogP contribution in [0.25, 0.3) is 10.2 Å². The summed E-state index contributed by atoms with van der Waals surface area (Å²) in [6.45, 7) is 8.60. The van der Waals surface area contributed by atoms with Gasteiger partial charge in [0, 0.05) is 76.1 Å². The highest BCUT2D eigenvalue weighted by Gasteiger charge is 2.42. The maximum atomic E-state index is 13.8. The van der Waals surface area contributed by atoms with Crippen molar-refractivity contribution in [3.8, 4) is 5.75 Å². The fraction of sp³-hybridized carbons (Fsp3) is 0.512. The van der Waals surface area contributed by atoms with Crippen LogP contribution < -0.4 is 30.7 Å². The average Bonchev–Trinajstić information content (AvgIpc) is 3.68. The minimum atomic E-state index is -1.04. The molecular weight excluding hydrogens is 736 g/mol. The Labute approximate surface area is 328 Å². The number of carbonyl (C=O) groups excluding carboxylic acids is 3. The third-order valence-electron chi connectivity index (χ3n) is 12.1. The number of amides is 3. The van der Waals surface area contributed by atoms with Crippen molar-refractivity contribution in [2.24, 2.45) is 5.92 Å². The number of alkyl halides is 1. The van der Waals surface area contributed by atoms with Crippen LogP contribution in [0.1, 0.15) is 86.7 Å². The molecule has 56 heavy (non-hydrogen) atoms. The first-order chi connectivity index (χ1) is 27.1. The van der Waals surface area contributed by atoms with Crippen LogP contribution in [-0.2, 0) is 9.59 Å². The number of nitrogens with one attached hydrogen (secondary N) is 2. The maximum Gasteiger partial charge on any atom is 0.274 e. The minimum Gasteiger partial charge on any atom is -0.490 e. The third kappa shape index (κ3) is 7.26. The second-order valence-electron chi connectivity index (χ2n) is 16.3. The molecular formula is C41H47FN8O5S. The van der Waals surface area contributed by atoms with Gasteiger partial charge in [-0.25, -0.2) is 14.4 Å². The molecule has 13 nitrogen and oxygen atoms in total. The first kappa shape index (κ1) is 36.7. The summed E-state index contributed by atoms with van der Waals surface area (Å²) in [5, 5.41) is 6.14. The molecule has 5 fully saturated rings. The van der Waals surface area contributed by atoms with E-state index in [1.54, 1.807) is 35.9 Å². The van der Waals surface area contributed by atoms with Crippen LogP contribution in [0.5, 0.6) is 5.75 Å². The quantitative estimate of drug-likeness (QED) is 0.205. The first-order valence-corrected chi connectivity index (χ1v) is 20.7. The van der Waals surface area contributed by atoms with Crippen LogP contribution in [0.3, 0.4) is 0 Å². The van der Waals surface area contributed by atoms with Crippen LogP contribution in [0, 0.1) is 5.92 Å². The average molecular weight is 783 g/mol. The Morgan fingerprint density at radius 1 is 1.04 bits per heavy atom. The van der Waals surface area contributed by atoms with Gasteiger partial charge < -0.3 is 24.4 Å². The number of piperidine rings is 2. The molecule has 2 N–H and O–H groups in total. The van der Waals surface area contributed by atoms with Gasteiger partial charge in [0.05, 0.1) is 33.8 Å². The van der Waals surface area contributed by atoms with E-state index in [-0.39, 0.29) is 29.5 Å². The number of halogens is 1. The van der Waals surface area contributed by atoms with Crippen molar-refractivity contribution in [1.82, 2.24) is 24.8 Å². The van der Waals surface area contributed by atoms with Gasteiger partial charge in [-0.15, -0.1) is 0 Å². The molecule has 4 saturated heterocycles. The SMILES string of the molecule is CC(C)Oc1cc2nc(N3CC4CCC(C3)N4CC3CCN(c4ccc(C5CCC(=O)NC5=O)cn4)CC3)sc2cc1C(=O)Nc1cccn([C@H]2C[C@H]2F)c1=O. The van der Waals surface area contributed by atoms with Crippen molar-refractivity contribution < 1.29 is 23.5 Å². The van der Waals surface area contributed by atoms with E-state index in [9.17, 15) is 23.6 Å². The van der Waals surface area contributed by atoms with Crippen LogP contribution in [0.2, 0.25) is 0 Å². The third-order valence-corrected chi connectivity index (χ3v) is 13.1. The lowest BCUT2D eigenvalue weighted by Gasteiger charge is -2.43. The number of hydrogen-bond donors (Lipinski definition) is 2. The number of rotatable bonds is 10. The van der Waals surface area contributed by atoms with Crippen molar-refractivity contribution >= 4 is 55.9 Å². The molecule has 5 aliphatic rings. The van der Waals surface area contributed by atoms with Gasteiger partial charge in [-0.1, -0.05) is 17.4 Å². The fourth-order valence-corrected chi connectivity index (χ4v) is 10.00. The Hall–Kier alpha value is -4.89. The highest BCUT2D eigenvalue weighted by molar-refractivity contribution is 7.22. The number of piperazine rings is 1. The molecule has 2 bridgehead atoms. The summed E-state index contributed by atoms with van der Waals surface area (Å²) in [4.78, 5) is 67.8. The molecule has 15 heteroatoms. The summed E-state index contributed by atoms with van der Waals surface area (Å²) in [6, 6.07) is 11.2. The number of ether oxygens (including phenoxy) is 1. The van der Waals surface area contributed by atoms with Gasteiger partial charge in [-0.3, -0.25) is 29.4 Å². The van der Waals surface area contributed by atoms with Gasteiger partial charge in [0.15, 0.2) is 5.13 Å². The standard InChI is InChI=1S/C41H47FN8O5S/c1-23(2)55-34-18-32-35(16-29(34)39(53)44-31-4-3-13-49(40(31)54)33-17-30(33)42)56-41(45-32)48-21-26-6-7-27(22-48)50(26)20-24-11-14-47(15-12-24)36-9-5-25(19-43-36)28-8-10-37(51)46-38(28)52/h3-5,9,13,16,18-19,23-24,26-28,30,33H,6-8,10-12,14-15,17,20-22H2,1-2H3,(H,44,53)(H,46,51,52)/t26?,27?,28?,30-,33+/m1/s1. The van der Waals surface area contributed by atoms with E-state index < -0.39 is 23.7 Å². The first-order valence-electron chi connectivity index (χ1n) is 19.9. The van der Waals surface area contributed by atoms with E-state index in [0.29, 0.717) is 48.6 Å². The Kier molecular flexibility index (Phi) is 9.76. The molecule has 4 aliphatic heterocycles. The fourth-order valence-electron chi connectivity index (χ4n) is 8.99. The summed E-state index contributed by atoms with van der Waals surface area (Å²) in [5.41, 5.74) is 1.62. The van der Waals surface area contributed by atoms with Gasteiger partial charge in [0.2, 0.25) is 11.8 Å². The largest absolute Gasteiger partial charge is 0.490 e. The summed E-state index contributed by atoms with van der Waals surface area (Å²) in [6.07, 6.45) is 7.84. The molecule has 0 radical (unpaired) electrons. The number of imide groups is 1. The molecule has 9 rings (SSSR count). The lowest BCUT2D eigenvalue weighted by Crippen LogP contribution is -2.55. The maximum absolute atomic E-state index is 13.8. The molecule has 3 unspecified atom stereocenters. The van der Waals surface area contributed by atoms with E-state index in [2.05, 4.69) is 25.3 Å². The molecule has 1 saturated carbocycles. The van der Waals surface area contributed by atoms with E-state index >= 15 is 0 Å². The number of anilines is 3. The molecule has 1 aliphatic carbocycles. The van der Waals surface area contributed by atoms with Gasteiger partial charge in [-0.2, -0.15) is 0 Å². The number of nitrogens with zero attached hydrogens (tertiary/aromatic N) is 6. The summed E-state index contributed by atoms with van der Waals surface area (Å²) in [7, 11) is 0. The topological polar surface area (TPSA) is 142 Å². The van der Waals surface area contributed by atoms with Crippen molar-refractivity contribution in [2.45, 2.75) is 95.1 Å². The highest BCUT2D eigenvalue weighted by atomic mass is 32.1. The van der Waals surface area contributed by atoms with Crippen LogP contribution in [-0.4, -0.2) is 94.2 Å². The zero-order valence-corrected chi connectivity index (χ0v) is 32.5. The number of thiazole rings is 1. The monoisotopic (exact) mass is 782 g/mol. The molecule has 3 amide bonds. The Balaban J connectivity index is 0.834. The van der Waals surface area contributed by atoms with E-state index in [0.717, 1.165) is 72.3 Å². The van der Waals surface area contributed by atoms with Gasteiger partial charge >= 0.3 is 0 Å². The molecule has 3 aromatic heterocycles. The summed E-state index contributed by atoms with van der Waals surface area (Å²) < 4.78 is 22.1. The number of carbonyl (C=O) groups is 3. The summed E-state index contributed by atoms with van der Waals surface area (Å²) in [5.74, 6) is 0.728. The van der Waals surface area contributed by atoms with Crippen LogP contribution in [0.15, 0.2) is 53.6 Å². The Morgan fingerprint density at radius 3 is 2.48 bits per heavy atom. The van der Waals surface area contributed by atoms with Crippen LogP contribution >= 0.6 is 11.3 Å². The Morgan fingerprint density at radius 2 is 1.80 bits per heavy atom. The van der Waals surface area contributed by atoms with Gasteiger partial charge in [0.25, 0.3) is 11.5 Å². The van der Waals surface area contributed by atoms with Crippen molar-refractivity contribution in [3.63, 3.8) is 0 Å². The second kappa shape index (κ2) is 14.9. The molecule has 4 aromatic rings. The smallest absolute Gasteiger partial charge is 0.274 e. The predicted molar refractivity (Wildman–Crippen MR) is 213 cm³/mol. The normalized spacial score (nSPS) is 25.5. The lowest BCUT2D eigenvalue weighted by molar-refractivity contribution is -0.134. The molecule has 294 valence electrons. The molecule has 5 atom stereocenters. The van der Waals surface area contributed by atoms with Gasteiger partial charge in [0.1, 0.15) is 23.4 Å². The molecule has 0 spiro atoms. The molecule has 1 aromatic carbocycles. The second-order valence-corrected chi connectivity index (χ2v) is 17.3. The van der Waals surface area contributed by atoms with Crippen molar-refractivity contribution in [2.75, 3.05) is 47.8 Å². The van der Waals surface area contributed by atoms with Gasteiger partial charge in [-0.05, 0) is 81.7 Å². The predicted octanol–water partition coefficient (Wildman–Crippen LogP) is 5.27. The number of aromatic nitrogens is 3. The number of hydrogen-bond acceptors (Lipinski definition) is 11. The van der Waals surface area contributed by atoms with E-state index in [1.165, 1.54) is 17.4 Å². The lowest BCUT2D eigenvalue weighted by atomic mass is 9.91. The summed E-state index contributed by atoms with van der Waals surface area (Å²) >= 11 is 1.57. The Bertz CT molecular complexity index is 2210. The van der Waals surface area contributed by atoms with Crippen LogP contribution in [0.4, 0.5) is 21.0 Å². The van der Waals surface area contributed by atoms with E-state index in [1.807, 2.05) is 38.1 Å². The highest BCUT2D eigenvalue weighted by Crippen LogP contribution is 2.40. The zero-order chi connectivity index (χ0) is 38.7. The van der Waals surface area contributed by atoms with E-state index in [4.69, 9.17) is 14.7 Å². The minimum absolute atomic E-state index is 0.103. The number of fused-ring (bicyclic) bond motifs is 3.